The van der Waals surface area contributed by atoms with Crippen LogP contribution in [0, 0.1) is 50.2 Å². The number of ether oxygens (including phenoxy) is 2. The third-order valence-electron chi connectivity index (χ3n) is 15.1. The lowest BCUT2D eigenvalue weighted by molar-refractivity contribution is -0.321. The number of aliphatic hydroxyl groups excluding tert-OH is 3. The van der Waals surface area contributed by atoms with Gasteiger partial charge < -0.3 is 39.8 Å². The van der Waals surface area contributed by atoms with Crippen LogP contribution in [0.1, 0.15) is 106 Å². The first-order valence-corrected chi connectivity index (χ1v) is 17.3. The van der Waals surface area contributed by atoms with Gasteiger partial charge in [-0.25, -0.2) is 4.79 Å². The maximum absolute atomic E-state index is 13.1. The molecule has 0 bridgehead atoms. The summed E-state index contributed by atoms with van der Waals surface area (Å²) in [6.07, 6.45) is 1.84. The van der Waals surface area contributed by atoms with E-state index in [0.717, 1.165) is 57.7 Å². The summed E-state index contributed by atoms with van der Waals surface area (Å²) >= 11 is 0. The average Bonchev–Trinajstić information content (AvgIpc) is 2.98. The summed E-state index contributed by atoms with van der Waals surface area (Å²) in [6, 6.07) is 0. The summed E-state index contributed by atoms with van der Waals surface area (Å²) in [5, 5.41) is 51.3. The summed E-state index contributed by atoms with van der Waals surface area (Å²) in [7, 11) is 0. The second-order valence-corrected chi connectivity index (χ2v) is 17.6. The smallest absolute Gasteiger partial charge is 0.335 e. The van der Waals surface area contributed by atoms with Crippen LogP contribution in [0.3, 0.4) is 0 Å². The number of carbonyl (C=O) groups is 3. The third-order valence-corrected chi connectivity index (χ3v) is 15.1. The summed E-state index contributed by atoms with van der Waals surface area (Å²) in [4.78, 5) is 37.7. The topological polar surface area (TPSA) is 171 Å². The van der Waals surface area contributed by atoms with Crippen LogP contribution in [0.2, 0.25) is 0 Å². The SMILES string of the molecule is CC1(C)CC[C@]2(C(=O)O)CC[C@]3(C)C(=CC[C@@H]4[C@@]5(C)CC[C@H](O[C@@H]6O[C@H](C(=O)O)[C@@H](O)[C@H](O)[C@H]6O)[C@@](C)(C=O)[C@@H]5CC[C@]43C)[C@@H]2C1. The predicted octanol–water partition coefficient (Wildman–Crippen LogP) is 4.33. The number of hydrogen-bond donors (Lipinski definition) is 5. The van der Waals surface area contributed by atoms with Crippen LogP contribution in [-0.2, 0) is 23.9 Å². The number of hydrogen-bond acceptors (Lipinski definition) is 8. The minimum Gasteiger partial charge on any atom is -0.481 e. The number of carboxylic acid groups (broad SMARTS) is 2. The van der Waals surface area contributed by atoms with E-state index in [1.165, 1.54) is 5.57 Å². The zero-order chi connectivity index (χ0) is 33.8. The molecule has 0 aromatic rings. The minimum atomic E-state index is -1.82. The van der Waals surface area contributed by atoms with Crippen LogP contribution in [0.4, 0.5) is 0 Å². The molecule has 46 heavy (non-hydrogen) atoms. The maximum Gasteiger partial charge on any atom is 0.335 e. The van der Waals surface area contributed by atoms with Gasteiger partial charge in [-0.05, 0) is 104 Å². The molecular weight excluding hydrogens is 592 g/mol. The third kappa shape index (κ3) is 4.49. The van der Waals surface area contributed by atoms with E-state index in [1.54, 1.807) is 0 Å². The molecule has 5 fully saturated rings. The zero-order valence-electron chi connectivity index (χ0n) is 28.2. The Morgan fingerprint density at radius 2 is 1.54 bits per heavy atom. The monoisotopic (exact) mass is 646 g/mol. The van der Waals surface area contributed by atoms with Gasteiger partial charge in [0.15, 0.2) is 12.4 Å². The molecule has 0 aromatic heterocycles. The Kier molecular flexibility index (Phi) is 8.01. The molecule has 4 saturated carbocycles. The van der Waals surface area contributed by atoms with Crippen LogP contribution in [0.15, 0.2) is 11.6 Å². The molecule has 258 valence electrons. The summed E-state index contributed by atoms with van der Waals surface area (Å²) < 4.78 is 11.7. The quantitative estimate of drug-likeness (QED) is 0.165. The van der Waals surface area contributed by atoms with Crippen LogP contribution < -0.4 is 0 Å². The molecule has 10 nitrogen and oxygen atoms in total. The van der Waals surface area contributed by atoms with Gasteiger partial charge in [-0.3, -0.25) is 4.79 Å². The van der Waals surface area contributed by atoms with Crippen LogP contribution in [0.25, 0.3) is 0 Å². The fourth-order valence-corrected chi connectivity index (χ4v) is 12.0. The van der Waals surface area contributed by atoms with E-state index in [2.05, 4.69) is 40.7 Å². The van der Waals surface area contributed by atoms with Crippen molar-refractivity contribution in [2.24, 2.45) is 50.2 Å². The molecular formula is C36H54O10. The summed E-state index contributed by atoms with van der Waals surface area (Å²) in [5.74, 6) is -1.92. The van der Waals surface area contributed by atoms with Gasteiger partial charge in [0.2, 0.25) is 0 Å². The molecule has 0 spiro atoms. The number of allylic oxidation sites excluding steroid dienone is 2. The Labute approximate surface area is 271 Å². The maximum atomic E-state index is 13.1. The van der Waals surface area contributed by atoms with Crippen LogP contribution >= 0.6 is 0 Å². The van der Waals surface area contributed by atoms with Gasteiger partial charge in [-0.1, -0.05) is 53.2 Å². The fraction of sp³-hybridized carbons (Fsp3) is 0.861. The van der Waals surface area contributed by atoms with E-state index in [9.17, 15) is 39.9 Å². The van der Waals surface area contributed by atoms with Crippen LogP contribution in [0.5, 0.6) is 0 Å². The highest BCUT2D eigenvalue weighted by Crippen LogP contribution is 2.75. The Balaban J connectivity index is 1.31. The van der Waals surface area contributed by atoms with Gasteiger partial charge in [-0.15, -0.1) is 0 Å². The molecule has 5 N–H and O–H groups in total. The Morgan fingerprint density at radius 3 is 2.17 bits per heavy atom. The van der Waals surface area contributed by atoms with Gasteiger partial charge in [0, 0.05) is 0 Å². The Bertz CT molecular complexity index is 1310. The van der Waals surface area contributed by atoms with Gasteiger partial charge in [0.05, 0.1) is 16.9 Å². The summed E-state index contributed by atoms with van der Waals surface area (Å²) in [5.41, 5.74) is -0.721. The number of carboxylic acids is 2. The standard InChI is InChI=1S/C36H54O10/c1-31(2)13-15-36(30(43)44)16-14-34(5)19(20(36)17-31)7-8-22-32(3)11-10-23(33(4,18-37)21(32)9-12-35(22,34)6)45-29-26(40)24(38)25(39)27(46-29)28(41)42/h7,18,20-27,29,38-40H,8-17H2,1-6H3,(H,41,42)(H,43,44)/t20-,21+,22+,23-,24-,25-,26+,27-,29+,32-,33-,34+,35+,36-/m0/s1. The molecule has 5 aliphatic carbocycles. The molecule has 6 aliphatic rings. The fourth-order valence-electron chi connectivity index (χ4n) is 12.0. The Hall–Kier alpha value is -1.85. The molecule has 0 unspecified atom stereocenters. The van der Waals surface area contributed by atoms with E-state index in [0.29, 0.717) is 12.8 Å². The van der Waals surface area contributed by atoms with Gasteiger partial charge in [0.25, 0.3) is 0 Å². The molecule has 1 heterocycles. The zero-order valence-corrected chi connectivity index (χ0v) is 28.2. The lowest BCUT2D eigenvalue weighted by Crippen LogP contribution is -2.67. The lowest BCUT2D eigenvalue weighted by atomic mass is 9.33. The van der Waals surface area contributed by atoms with E-state index >= 15 is 0 Å². The van der Waals surface area contributed by atoms with E-state index < -0.39 is 59.6 Å². The first-order valence-electron chi connectivity index (χ1n) is 17.3. The molecule has 6 rings (SSSR count). The molecule has 10 heteroatoms. The number of rotatable bonds is 5. The largest absolute Gasteiger partial charge is 0.481 e. The Morgan fingerprint density at radius 1 is 0.870 bits per heavy atom. The number of aldehydes is 1. The van der Waals surface area contributed by atoms with Crippen molar-refractivity contribution in [3.05, 3.63) is 11.6 Å². The highest BCUT2D eigenvalue weighted by molar-refractivity contribution is 5.76. The van der Waals surface area contributed by atoms with Crippen molar-refractivity contribution in [3.63, 3.8) is 0 Å². The van der Waals surface area contributed by atoms with Gasteiger partial charge >= 0.3 is 11.9 Å². The highest BCUT2D eigenvalue weighted by atomic mass is 16.7. The first kappa shape index (κ1) is 34.0. The number of aliphatic carboxylic acids is 2. The average molecular weight is 647 g/mol. The van der Waals surface area contributed by atoms with E-state index in [1.807, 2.05) is 6.92 Å². The second kappa shape index (κ2) is 10.8. The summed E-state index contributed by atoms with van der Waals surface area (Å²) in [6.45, 7) is 13.5. The lowest BCUT2D eigenvalue weighted by Gasteiger charge is -2.71. The predicted molar refractivity (Wildman–Crippen MR) is 166 cm³/mol. The molecule has 0 amide bonds. The molecule has 0 radical (unpaired) electrons. The highest BCUT2D eigenvalue weighted by Gasteiger charge is 2.70. The van der Waals surface area contributed by atoms with Crippen LogP contribution in [-0.4, -0.2) is 80.6 Å². The van der Waals surface area contributed by atoms with Crippen molar-refractivity contribution >= 4 is 18.2 Å². The van der Waals surface area contributed by atoms with Crippen molar-refractivity contribution < 1.29 is 49.4 Å². The van der Waals surface area contributed by atoms with Gasteiger partial charge in [-0.2, -0.15) is 0 Å². The molecule has 1 saturated heterocycles. The number of aliphatic hydroxyl groups is 3. The van der Waals surface area contributed by atoms with E-state index in [-0.39, 0.29) is 39.4 Å². The van der Waals surface area contributed by atoms with Crippen molar-refractivity contribution in [1.29, 1.82) is 0 Å². The van der Waals surface area contributed by atoms with Crippen molar-refractivity contribution in [2.75, 3.05) is 0 Å². The van der Waals surface area contributed by atoms with Crippen molar-refractivity contribution in [2.45, 2.75) is 143 Å². The van der Waals surface area contributed by atoms with E-state index in [4.69, 9.17) is 9.47 Å². The van der Waals surface area contributed by atoms with Crippen molar-refractivity contribution in [3.8, 4) is 0 Å². The first-order chi connectivity index (χ1) is 21.3. The molecule has 1 aliphatic heterocycles. The number of fused-ring (bicyclic) bond motifs is 7. The normalized spacial score (nSPS) is 53.0. The molecule has 14 atom stereocenters. The van der Waals surface area contributed by atoms with Gasteiger partial charge in [0.1, 0.15) is 24.6 Å². The number of carbonyl (C=O) groups excluding carboxylic acids is 1. The van der Waals surface area contributed by atoms with Crippen molar-refractivity contribution in [1.82, 2.24) is 0 Å². The second-order valence-electron chi connectivity index (χ2n) is 17.6. The molecule has 0 aromatic carbocycles. The minimum absolute atomic E-state index is 0.0191.